The van der Waals surface area contributed by atoms with Crippen LogP contribution < -0.4 is 0 Å². The van der Waals surface area contributed by atoms with Gasteiger partial charge in [0, 0.05) is 23.8 Å². The Bertz CT molecular complexity index is 870. The molecule has 1 atom stereocenters. The van der Waals surface area contributed by atoms with E-state index in [1.807, 2.05) is 47.2 Å². The summed E-state index contributed by atoms with van der Waals surface area (Å²) in [5.74, 6) is -1.04. The Labute approximate surface area is 145 Å². The zero-order chi connectivity index (χ0) is 17.6. The fraction of sp³-hybridized carbons (Fsp3) is 0.200. The number of carbonyl (C=O) groups is 2. The number of benzene rings is 2. The third kappa shape index (κ3) is 3.88. The van der Waals surface area contributed by atoms with Crippen molar-refractivity contribution in [3.63, 3.8) is 0 Å². The standard InChI is InChI=1S/C20H19NO4/c1-24-20(23)19(16-8-3-2-4-9-16)25-18(22)12-14-21-13-11-15-7-5-6-10-17(15)21/h2-11,13,19H,12,14H2,1H3. The van der Waals surface area contributed by atoms with Gasteiger partial charge < -0.3 is 14.0 Å². The van der Waals surface area contributed by atoms with Crippen molar-refractivity contribution in [2.45, 2.75) is 19.1 Å². The maximum Gasteiger partial charge on any atom is 0.351 e. The highest BCUT2D eigenvalue weighted by atomic mass is 16.6. The van der Waals surface area contributed by atoms with Gasteiger partial charge >= 0.3 is 11.9 Å². The van der Waals surface area contributed by atoms with Crippen molar-refractivity contribution in [1.29, 1.82) is 0 Å². The van der Waals surface area contributed by atoms with Crippen LogP contribution in [0.1, 0.15) is 18.1 Å². The minimum absolute atomic E-state index is 0.166. The molecule has 0 N–H and O–H groups in total. The Hall–Kier alpha value is -3.08. The summed E-state index contributed by atoms with van der Waals surface area (Å²) in [5, 5.41) is 1.12. The number of fused-ring (bicyclic) bond motifs is 1. The molecule has 1 heterocycles. The average molecular weight is 337 g/mol. The van der Waals surface area contributed by atoms with E-state index in [1.165, 1.54) is 7.11 Å². The first-order valence-corrected chi connectivity index (χ1v) is 8.05. The van der Waals surface area contributed by atoms with E-state index >= 15 is 0 Å². The van der Waals surface area contributed by atoms with Crippen molar-refractivity contribution in [2.24, 2.45) is 0 Å². The van der Waals surface area contributed by atoms with E-state index in [2.05, 4.69) is 0 Å². The van der Waals surface area contributed by atoms with E-state index in [0.29, 0.717) is 12.1 Å². The van der Waals surface area contributed by atoms with Crippen molar-refractivity contribution in [2.75, 3.05) is 7.11 Å². The molecule has 0 aliphatic rings. The minimum atomic E-state index is -1.04. The first kappa shape index (κ1) is 16.8. The van der Waals surface area contributed by atoms with Crippen LogP contribution in [0.5, 0.6) is 0 Å². The van der Waals surface area contributed by atoms with Crippen molar-refractivity contribution in [3.8, 4) is 0 Å². The van der Waals surface area contributed by atoms with Gasteiger partial charge in [-0.1, -0.05) is 48.5 Å². The van der Waals surface area contributed by atoms with Crippen LogP contribution in [0.15, 0.2) is 66.9 Å². The van der Waals surface area contributed by atoms with Gasteiger partial charge in [-0.05, 0) is 17.5 Å². The predicted molar refractivity (Wildman–Crippen MR) is 93.8 cm³/mol. The van der Waals surface area contributed by atoms with Crippen LogP contribution in [0.4, 0.5) is 0 Å². The number of para-hydroxylation sites is 1. The number of hydrogen-bond donors (Lipinski definition) is 0. The van der Waals surface area contributed by atoms with Crippen LogP contribution in [0, 0.1) is 0 Å². The highest BCUT2D eigenvalue weighted by molar-refractivity contribution is 5.81. The van der Waals surface area contributed by atoms with E-state index in [0.717, 1.165) is 10.9 Å². The van der Waals surface area contributed by atoms with E-state index in [9.17, 15) is 9.59 Å². The SMILES string of the molecule is COC(=O)C(OC(=O)CCn1ccc2ccccc21)c1ccccc1. The number of hydrogen-bond acceptors (Lipinski definition) is 4. The van der Waals surface area contributed by atoms with Crippen molar-refractivity contribution in [1.82, 2.24) is 4.57 Å². The lowest BCUT2D eigenvalue weighted by Gasteiger charge is -2.16. The third-order valence-corrected chi connectivity index (χ3v) is 4.00. The summed E-state index contributed by atoms with van der Waals surface area (Å²) in [7, 11) is 1.28. The van der Waals surface area contributed by atoms with Gasteiger partial charge in [-0.2, -0.15) is 0 Å². The lowest BCUT2D eigenvalue weighted by atomic mass is 10.1. The molecule has 0 aliphatic heterocycles. The summed E-state index contributed by atoms with van der Waals surface area (Å²) >= 11 is 0. The van der Waals surface area contributed by atoms with Gasteiger partial charge in [0.25, 0.3) is 0 Å². The molecule has 0 spiro atoms. The molecule has 3 rings (SSSR count). The smallest absolute Gasteiger partial charge is 0.351 e. The Morgan fingerprint density at radius 1 is 1.00 bits per heavy atom. The van der Waals surface area contributed by atoms with Crippen LogP contribution in [0.25, 0.3) is 10.9 Å². The molecule has 128 valence electrons. The second-order valence-electron chi connectivity index (χ2n) is 5.62. The fourth-order valence-corrected chi connectivity index (χ4v) is 2.72. The molecule has 3 aromatic rings. The zero-order valence-corrected chi connectivity index (χ0v) is 13.9. The molecular formula is C20H19NO4. The number of aromatic nitrogens is 1. The summed E-state index contributed by atoms with van der Waals surface area (Å²) in [6.45, 7) is 0.481. The molecular weight excluding hydrogens is 318 g/mol. The Balaban J connectivity index is 1.67. The van der Waals surface area contributed by atoms with Crippen molar-refractivity contribution in [3.05, 3.63) is 72.4 Å². The third-order valence-electron chi connectivity index (χ3n) is 4.00. The van der Waals surface area contributed by atoms with Crippen LogP contribution >= 0.6 is 0 Å². The Kier molecular flexibility index (Phi) is 5.14. The number of carbonyl (C=O) groups excluding carboxylic acids is 2. The number of nitrogens with zero attached hydrogens (tertiary/aromatic N) is 1. The number of aryl methyl sites for hydroxylation is 1. The summed E-state index contributed by atoms with van der Waals surface area (Å²) in [6, 6.07) is 18.8. The molecule has 25 heavy (non-hydrogen) atoms. The molecule has 0 fully saturated rings. The van der Waals surface area contributed by atoms with Gasteiger partial charge in [0.05, 0.1) is 13.5 Å². The van der Waals surface area contributed by atoms with Crippen LogP contribution in [-0.4, -0.2) is 23.6 Å². The topological polar surface area (TPSA) is 57.5 Å². The summed E-state index contributed by atoms with van der Waals surface area (Å²) in [4.78, 5) is 24.2. The maximum atomic E-state index is 12.2. The van der Waals surface area contributed by atoms with Gasteiger partial charge in [0.15, 0.2) is 0 Å². The zero-order valence-electron chi connectivity index (χ0n) is 13.9. The van der Waals surface area contributed by atoms with Gasteiger partial charge in [0.1, 0.15) is 0 Å². The molecule has 1 unspecified atom stereocenters. The average Bonchev–Trinajstić information content (AvgIpc) is 3.08. The summed E-state index contributed by atoms with van der Waals surface area (Å²) in [5.41, 5.74) is 1.65. The maximum absolute atomic E-state index is 12.2. The van der Waals surface area contributed by atoms with Crippen LogP contribution in [0.2, 0.25) is 0 Å². The van der Waals surface area contributed by atoms with E-state index in [1.54, 1.807) is 24.3 Å². The van der Waals surface area contributed by atoms with Gasteiger partial charge in [0.2, 0.25) is 6.10 Å². The first-order valence-electron chi connectivity index (χ1n) is 8.05. The molecule has 0 saturated heterocycles. The van der Waals surface area contributed by atoms with Crippen LogP contribution in [-0.2, 0) is 25.6 Å². The van der Waals surface area contributed by atoms with Crippen LogP contribution in [0.3, 0.4) is 0 Å². The molecule has 5 nitrogen and oxygen atoms in total. The van der Waals surface area contributed by atoms with Gasteiger partial charge in [-0.15, -0.1) is 0 Å². The summed E-state index contributed by atoms with van der Waals surface area (Å²) < 4.78 is 12.1. The van der Waals surface area contributed by atoms with Crippen molar-refractivity contribution < 1.29 is 19.1 Å². The molecule has 2 aromatic carbocycles. The molecule has 0 saturated carbocycles. The normalized spacial score (nSPS) is 11.9. The quantitative estimate of drug-likeness (QED) is 0.646. The second-order valence-corrected chi connectivity index (χ2v) is 5.62. The predicted octanol–water partition coefficient (Wildman–Crippen LogP) is 3.49. The number of esters is 2. The minimum Gasteiger partial charge on any atom is -0.466 e. The van der Waals surface area contributed by atoms with Gasteiger partial charge in [-0.3, -0.25) is 4.79 Å². The lowest BCUT2D eigenvalue weighted by molar-refractivity contribution is -0.166. The Morgan fingerprint density at radius 3 is 2.48 bits per heavy atom. The molecule has 0 radical (unpaired) electrons. The van der Waals surface area contributed by atoms with E-state index < -0.39 is 18.0 Å². The molecule has 0 aliphatic carbocycles. The second kappa shape index (κ2) is 7.66. The number of rotatable bonds is 6. The monoisotopic (exact) mass is 337 g/mol. The molecule has 0 bridgehead atoms. The fourth-order valence-electron chi connectivity index (χ4n) is 2.72. The largest absolute Gasteiger partial charge is 0.466 e. The number of ether oxygens (including phenoxy) is 2. The Morgan fingerprint density at radius 2 is 1.72 bits per heavy atom. The first-order chi connectivity index (χ1) is 12.2. The van der Waals surface area contributed by atoms with Crippen molar-refractivity contribution >= 4 is 22.8 Å². The van der Waals surface area contributed by atoms with Gasteiger partial charge in [-0.25, -0.2) is 4.79 Å². The molecule has 1 aromatic heterocycles. The molecule has 5 heteroatoms. The highest BCUT2D eigenvalue weighted by Crippen LogP contribution is 2.20. The number of methoxy groups -OCH3 is 1. The van der Waals surface area contributed by atoms with E-state index in [4.69, 9.17) is 9.47 Å². The lowest BCUT2D eigenvalue weighted by Crippen LogP contribution is -2.21. The highest BCUT2D eigenvalue weighted by Gasteiger charge is 2.25. The molecule has 0 amide bonds. The van der Waals surface area contributed by atoms with E-state index in [-0.39, 0.29) is 6.42 Å². The summed E-state index contributed by atoms with van der Waals surface area (Å²) in [6.07, 6.45) is 1.06.